The first-order valence-corrected chi connectivity index (χ1v) is 8.00. The summed E-state index contributed by atoms with van der Waals surface area (Å²) < 4.78 is 0. The van der Waals surface area contributed by atoms with E-state index in [-0.39, 0.29) is 11.8 Å². The minimum absolute atomic E-state index is 0.154. The van der Waals surface area contributed by atoms with Crippen LogP contribution in [0, 0.1) is 0 Å². The van der Waals surface area contributed by atoms with Gasteiger partial charge in [-0.1, -0.05) is 6.42 Å². The maximum absolute atomic E-state index is 12.1. The highest BCUT2D eigenvalue weighted by molar-refractivity contribution is 5.98. The summed E-state index contributed by atoms with van der Waals surface area (Å²) in [4.78, 5) is 25.6. The van der Waals surface area contributed by atoms with Gasteiger partial charge in [-0.2, -0.15) is 5.10 Å². The lowest BCUT2D eigenvalue weighted by Crippen LogP contribution is -2.24. The Morgan fingerprint density at radius 1 is 1.00 bits per heavy atom. The zero-order valence-electron chi connectivity index (χ0n) is 12.7. The summed E-state index contributed by atoms with van der Waals surface area (Å²) in [6.07, 6.45) is 7.05. The van der Waals surface area contributed by atoms with Crippen LogP contribution < -0.4 is 10.3 Å². The smallest absolute Gasteiger partial charge is 0.271 e. The van der Waals surface area contributed by atoms with Crippen molar-refractivity contribution in [3.05, 3.63) is 29.8 Å². The lowest BCUT2D eigenvalue weighted by Gasteiger charge is -2.15. The molecule has 116 valence electrons. The van der Waals surface area contributed by atoms with Crippen molar-refractivity contribution in [3.63, 3.8) is 0 Å². The number of benzene rings is 1. The molecule has 0 radical (unpaired) electrons. The number of anilines is 1. The van der Waals surface area contributed by atoms with E-state index in [1.165, 1.54) is 6.42 Å². The lowest BCUT2D eigenvalue weighted by molar-refractivity contribution is -0.117. The molecule has 1 aromatic carbocycles. The maximum atomic E-state index is 12.1. The van der Waals surface area contributed by atoms with Gasteiger partial charge in [0, 0.05) is 29.9 Å². The number of carbonyl (C=O) groups excluding carboxylic acids is 2. The van der Waals surface area contributed by atoms with E-state index in [0.29, 0.717) is 12.0 Å². The highest BCUT2D eigenvalue weighted by atomic mass is 16.2. The van der Waals surface area contributed by atoms with Gasteiger partial charge in [-0.05, 0) is 56.4 Å². The molecule has 2 fully saturated rings. The van der Waals surface area contributed by atoms with Gasteiger partial charge in [0.25, 0.3) is 5.91 Å². The van der Waals surface area contributed by atoms with Crippen molar-refractivity contribution in [1.29, 1.82) is 0 Å². The summed E-state index contributed by atoms with van der Waals surface area (Å²) >= 11 is 0. The van der Waals surface area contributed by atoms with Crippen LogP contribution in [0.4, 0.5) is 5.69 Å². The molecular weight excluding hydrogens is 278 g/mol. The van der Waals surface area contributed by atoms with Crippen LogP contribution in [0.15, 0.2) is 29.4 Å². The van der Waals surface area contributed by atoms with Crippen LogP contribution in [0.3, 0.4) is 0 Å². The molecule has 0 unspecified atom stereocenters. The van der Waals surface area contributed by atoms with Crippen molar-refractivity contribution in [2.75, 3.05) is 11.4 Å². The number of amides is 2. The first kappa shape index (κ1) is 14.8. The van der Waals surface area contributed by atoms with Gasteiger partial charge in [0.05, 0.1) is 0 Å². The number of nitrogens with zero attached hydrogens (tertiary/aromatic N) is 2. The van der Waals surface area contributed by atoms with E-state index in [1.807, 2.05) is 12.1 Å². The number of hydrazone groups is 1. The average Bonchev–Trinajstić information content (AvgIpc) is 3.00. The monoisotopic (exact) mass is 299 g/mol. The van der Waals surface area contributed by atoms with Gasteiger partial charge in [-0.25, -0.2) is 5.43 Å². The second-order valence-corrected chi connectivity index (χ2v) is 5.88. The quantitative estimate of drug-likeness (QED) is 0.872. The van der Waals surface area contributed by atoms with Crippen molar-refractivity contribution in [2.24, 2.45) is 5.10 Å². The summed E-state index contributed by atoms with van der Waals surface area (Å²) in [5, 5.41) is 4.22. The number of nitrogens with one attached hydrogen (secondary N) is 1. The topological polar surface area (TPSA) is 61.8 Å². The van der Waals surface area contributed by atoms with E-state index < -0.39 is 0 Å². The highest BCUT2D eigenvalue weighted by Gasteiger charge is 2.21. The molecule has 2 aliphatic rings. The van der Waals surface area contributed by atoms with Gasteiger partial charge in [-0.3, -0.25) is 9.59 Å². The fraction of sp³-hybridized carbons (Fsp3) is 0.471. The second kappa shape index (κ2) is 6.73. The third-order valence-electron chi connectivity index (χ3n) is 4.26. The molecule has 0 spiro atoms. The first-order valence-electron chi connectivity index (χ1n) is 8.00. The Labute approximate surface area is 130 Å². The van der Waals surface area contributed by atoms with E-state index in [0.717, 1.165) is 50.0 Å². The summed E-state index contributed by atoms with van der Waals surface area (Å²) in [5.41, 5.74) is 5.14. The summed E-state index contributed by atoms with van der Waals surface area (Å²) in [7, 11) is 0. The number of hydrogen-bond acceptors (Lipinski definition) is 3. The van der Waals surface area contributed by atoms with Crippen LogP contribution >= 0.6 is 0 Å². The molecule has 0 bridgehead atoms. The zero-order chi connectivity index (χ0) is 15.4. The molecular formula is C17H21N3O2. The van der Waals surface area contributed by atoms with Crippen molar-refractivity contribution < 1.29 is 9.59 Å². The standard InChI is InChI=1S/C17H21N3O2/c21-16-7-4-12-20(16)15-10-8-13(9-11-15)17(22)19-18-14-5-2-1-3-6-14/h8-11H,1-7,12H2,(H,19,22). The summed E-state index contributed by atoms with van der Waals surface area (Å²) in [6.45, 7) is 0.762. The van der Waals surface area contributed by atoms with Crippen LogP contribution in [0.1, 0.15) is 55.3 Å². The van der Waals surface area contributed by atoms with E-state index in [4.69, 9.17) is 0 Å². The second-order valence-electron chi connectivity index (χ2n) is 5.88. The van der Waals surface area contributed by atoms with Crippen molar-refractivity contribution in [2.45, 2.75) is 44.9 Å². The van der Waals surface area contributed by atoms with E-state index >= 15 is 0 Å². The fourth-order valence-corrected chi connectivity index (χ4v) is 2.98. The van der Waals surface area contributed by atoms with Crippen molar-refractivity contribution >= 4 is 23.2 Å². The Hall–Kier alpha value is -2.17. The van der Waals surface area contributed by atoms with E-state index in [1.54, 1.807) is 17.0 Å². The molecule has 5 heteroatoms. The lowest BCUT2D eigenvalue weighted by atomic mass is 9.99. The molecule has 1 N–H and O–H groups in total. The third-order valence-corrected chi connectivity index (χ3v) is 4.26. The van der Waals surface area contributed by atoms with Crippen LogP contribution in [-0.2, 0) is 4.79 Å². The van der Waals surface area contributed by atoms with Gasteiger partial charge in [0.1, 0.15) is 0 Å². The molecule has 2 amide bonds. The van der Waals surface area contributed by atoms with E-state index in [2.05, 4.69) is 10.5 Å². The Morgan fingerprint density at radius 3 is 2.36 bits per heavy atom. The van der Waals surface area contributed by atoms with Crippen LogP contribution in [-0.4, -0.2) is 24.1 Å². The minimum Gasteiger partial charge on any atom is -0.312 e. The van der Waals surface area contributed by atoms with Crippen LogP contribution in [0.5, 0.6) is 0 Å². The molecule has 1 aliphatic heterocycles. The molecule has 1 aromatic rings. The van der Waals surface area contributed by atoms with Gasteiger partial charge in [0.15, 0.2) is 0 Å². The Balaban J connectivity index is 1.62. The van der Waals surface area contributed by atoms with Gasteiger partial charge >= 0.3 is 0 Å². The maximum Gasteiger partial charge on any atom is 0.271 e. The Bertz CT molecular complexity index is 584. The van der Waals surface area contributed by atoms with Crippen molar-refractivity contribution in [1.82, 2.24) is 5.43 Å². The Morgan fingerprint density at radius 2 is 1.73 bits per heavy atom. The van der Waals surface area contributed by atoms with Gasteiger partial charge in [-0.15, -0.1) is 0 Å². The summed E-state index contributed by atoms with van der Waals surface area (Å²) in [5.74, 6) is -0.0433. The molecule has 1 saturated carbocycles. The average molecular weight is 299 g/mol. The highest BCUT2D eigenvalue weighted by Crippen LogP contribution is 2.21. The molecule has 1 saturated heterocycles. The Kier molecular flexibility index (Phi) is 4.51. The molecule has 1 heterocycles. The van der Waals surface area contributed by atoms with Crippen LogP contribution in [0.2, 0.25) is 0 Å². The molecule has 0 aromatic heterocycles. The zero-order valence-corrected chi connectivity index (χ0v) is 12.7. The normalized spacial score (nSPS) is 18.5. The molecule has 22 heavy (non-hydrogen) atoms. The fourth-order valence-electron chi connectivity index (χ4n) is 2.98. The van der Waals surface area contributed by atoms with Crippen LogP contribution in [0.25, 0.3) is 0 Å². The molecule has 1 aliphatic carbocycles. The summed E-state index contributed by atoms with van der Waals surface area (Å²) in [6, 6.07) is 7.15. The molecule has 0 atom stereocenters. The SMILES string of the molecule is O=C(NN=C1CCCCC1)c1ccc(N2CCCC2=O)cc1. The third kappa shape index (κ3) is 3.35. The first-order chi connectivity index (χ1) is 10.7. The predicted octanol–water partition coefficient (Wildman–Crippen LogP) is 2.86. The van der Waals surface area contributed by atoms with Crippen molar-refractivity contribution in [3.8, 4) is 0 Å². The number of carbonyl (C=O) groups is 2. The van der Waals surface area contributed by atoms with Gasteiger partial charge in [0.2, 0.25) is 5.91 Å². The minimum atomic E-state index is -0.197. The molecule has 3 rings (SSSR count). The number of hydrogen-bond donors (Lipinski definition) is 1. The molecule has 5 nitrogen and oxygen atoms in total. The van der Waals surface area contributed by atoms with Gasteiger partial charge < -0.3 is 4.90 Å². The predicted molar refractivity (Wildman–Crippen MR) is 86.0 cm³/mol. The number of rotatable bonds is 3. The largest absolute Gasteiger partial charge is 0.312 e. The van der Waals surface area contributed by atoms with E-state index in [9.17, 15) is 9.59 Å².